The highest BCUT2D eigenvalue weighted by molar-refractivity contribution is 7.45. The number of hydrogen-bond donors (Lipinski definition) is 5. The summed E-state index contributed by atoms with van der Waals surface area (Å²) in [5.74, 6) is 0.286. The molecule has 0 radical (unpaired) electrons. The summed E-state index contributed by atoms with van der Waals surface area (Å²) in [6.07, 6.45) is 3.55. The van der Waals surface area contributed by atoms with E-state index >= 15 is 0 Å². The van der Waals surface area contributed by atoms with Gasteiger partial charge in [0.15, 0.2) is 5.78 Å². The maximum absolute atomic E-state index is 11.0. The van der Waals surface area contributed by atoms with Gasteiger partial charge in [-0.1, -0.05) is 19.4 Å². The van der Waals surface area contributed by atoms with Crippen molar-refractivity contribution in [3.8, 4) is 0 Å². The summed E-state index contributed by atoms with van der Waals surface area (Å²) in [6, 6.07) is 0. The zero-order chi connectivity index (χ0) is 12.3. The Morgan fingerprint density at radius 2 is 1.53 bits per heavy atom. The second-order valence-corrected chi connectivity index (χ2v) is 5.51. The minimum atomic E-state index is -4.64. The molecule has 17 heavy (non-hydrogen) atoms. The largest absolute Gasteiger partial charge is 0.466 e. The fourth-order valence-electron chi connectivity index (χ4n) is 1.67. The van der Waals surface area contributed by atoms with Crippen LogP contribution in [-0.2, 0) is 9.36 Å². The number of phosphoric acid groups is 1. The van der Waals surface area contributed by atoms with Crippen LogP contribution in [0.1, 0.15) is 33.6 Å². The van der Waals surface area contributed by atoms with E-state index in [-0.39, 0.29) is 23.5 Å². The average Bonchev–Trinajstić information content (AvgIpc) is 1.73. The molecule has 7 nitrogen and oxygen atoms in total. The maximum atomic E-state index is 11.0. The first-order chi connectivity index (χ1) is 6.49. The summed E-state index contributed by atoms with van der Waals surface area (Å²) in [4.78, 5) is 32.6. The van der Waals surface area contributed by atoms with Gasteiger partial charge in [0.25, 0.3) is 0 Å². The molecule has 0 saturated carbocycles. The molecule has 0 aromatic rings. The second-order valence-electron chi connectivity index (χ2n) is 4.49. The van der Waals surface area contributed by atoms with Gasteiger partial charge in [-0.05, 0) is 24.8 Å². The van der Waals surface area contributed by atoms with E-state index in [1.165, 1.54) is 5.57 Å². The third kappa shape index (κ3) is 15.4. The third-order valence-electron chi connectivity index (χ3n) is 1.82. The Balaban J connectivity index is -0.000000247. The monoisotopic (exact) mass is 270 g/mol. The van der Waals surface area contributed by atoms with Crippen molar-refractivity contribution >= 4 is 13.6 Å². The molecule has 0 amide bonds. The molecule has 0 aliphatic heterocycles. The predicted molar refractivity (Wildman–Crippen MR) is 66.1 cm³/mol. The van der Waals surface area contributed by atoms with Crippen LogP contribution >= 0.6 is 7.82 Å². The van der Waals surface area contributed by atoms with E-state index in [0.717, 1.165) is 6.42 Å². The molecule has 0 saturated heterocycles. The van der Waals surface area contributed by atoms with E-state index in [2.05, 4.69) is 13.8 Å². The van der Waals surface area contributed by atoms with E-state index in [4.69, 9.17) is 19.2 Å². The number of hydrogen-bond acceptors (Lipinski definition) is 4. The van der Waals surface area contributed by atoms with Crippen LogP contribution in [0.5, 0.6) is 0 Å². The minimum Gasteiger partial charge on any atom is -0.344 e. The first-order valence-electron chi connectivity index (χ1n) is 4.48. The number of carbonyl (C=O) groups is 1. The Morgan fingerprint density at radius 1 is 1.18 bits per heavy atom. The van der Waals surface area contributed by atoms with Gasteiger partial charge in [0.05, 0.1) is 0 Å². The Kier molecular flexibility index (Phi) is 9.83. The normalized spacial score (nSPS) is 17.8. The molecule has 1 rings (SSSR count). The van der Waals surface area contributed by atoms with E-state index in [1.54, 1.807) is 6.08 Å². The summed E-state index contributed by atoms with van der Waals surface area (Å²) in [6.45, 7) is 6.31. The van der Waals surface area contributed by atoms with Crippen LogP contribution in [0.3, 0.4) is 0 Å². The van der Waals surface area contributed by atoms with Crippen LogP contribution in [-0.4, -0.2) is 20.5 Å². The van der Waals surface area contributed by atoms with Gasteiger partial charge in [0.1, 0.15) is 0 Å². The summed E-state index contributed by atoms with van der Waals surface area (Å²) in [5.41, 5.74) is 1.43. The van der Waals surface area contributed by atoms with Crippen molar-refractivity contribution in [2.24, 2.45) is 5.41 Å². The highest BCUT2D eigenvalue weighted by Crippen LogP contribution is 2.32. The summed E-state index contributed by atoms with van der Waals surface area (Å²) in [5, 5.41) is 0. The van der Waals surface area contributed by atoms with Gasteiger partial charge >= 0.3 is 7.82 Å². The number of carbonyl (C=O) groups excluding carboxylic acids is 1. The molecule has 0 bridgehead atoms. The molecule has 0 fully saturated rings. The van der Waals surface area contributed by atoms with Crippen LogP contribution < -0.4 is 12.3 Å². The van der Waals surface area contributed by atoms with E-state index in [9.17, 15) is 4.79 Å². The van der Waals surface area contributed by atoms with Crippen molar-refractivity contribution in [3.05, 3.63) is 11.6 Å². The third-order valence-corrected chi connectivity index (χ3v) is 1.82. The Bertz CT molecular complexity index is 313. The van der Waals surface area contributed by atoms with E-state index < -0.39 is 7.82 Å². The maximum Gasteiger partial charge on any atom is 0.466 e. The first-order valence-corrected chi connectivity index (χ1v) is 6.04. The van der Waals surface area contributed by atoms with Crippen LogP contribution in [0.2, 0.25) is 0 Å². The van der Waals surface area contributed by atoms with Crippen molar-refractivity contribution in [1.82, 2.24) is 12.3 Å². The van der Waals surface area contributed by atoms with Crippen LogP contribution in [0.4, 0.5) is 0 Å². The fourth-order valence-corrected chi connectivity index (χ4v) is 1.67. The lowest BCUT2D eigenvalue weighted by Crippen LogP contribution is -2.20. The fraction of sp³-hybridized carbons (Fsp3) is 0.667. The van der Waals surface area contributed by atoms with Crippen molar-refractivity contribution < 1.29 is 24.0 Å². The second kappa shape index (κ2) is 7.71. The van der Waals surface area contributed by atoms with Crippen LogP contribution in [0.25, 0.3) is 0 Å². The minimum absolute atomic E-state index is 0. The average molecular weight is 270 g/mol. The first kappa shape index (κ1) is 21.7. The lowest BCUT2D eigenvalue weighted by atomic mass is 9.77. The lowest BCUT2D eigenvalue weighted by Gasteiger charge is -2.27. The van der Waals surface area contributed by atoms with Gasteiger partial charge in [-0.15, -0.1) is 0 Å². The molecule has 0 atom stereocenters. The van der Waals surface area contributed by atoms with Crippen molar-refractivity contribution in [2.45, 2.75) is 33.6 Å². The highest BCUT2D eigenvalue weighted by atomic mass is 31.2. The lowest BCUT2D eigenvalue weighted by molar-refractivity contribution is -0.117. The molecule has 1 aliphatic carbocycles. The zero-order valence-electron chi connectivity index (χ0n) is 10.5. The molecule has 1 aliphatic rings. The number of rotatable bonds is 0. The van der Waals surface area contributed by atoms with Crippen molar-refractivity contribution in [2.75, 3.05) is 0 Å². The molecular formula is C9H23N2O5P. The summed E-state index contributed by atoms with van der Waals surface area (Å²) in [7, 11) is -4.64. The standard InChI is InChI=1S/C9H14O.2H3N.H3O4P/c1-7-4-8(10)6-9(2,3)5-7;;;1-5(2,3)4/h4H,5-6H2,1-3H3;2*1H3;(H3,1,2,3,4). The molecule has 9 N–H and O–H groups in total. The van der Waals surface area contributed by atoms with Gasteiger partial charge in [-0.25, -0.2) is 4.57 Å². The van der Waals surface area contributed by atoms with E-state index in [0.29, 0.717) is 6.42 Å². The Hall–Kier alpha value is -0.560. The summed E-state index contributed by atoms with van der Waals surface area (Å²) >= 11 is 0. The SMILES string of the molecule is CC1=CC(=O)CC(C)(C)C1.N.N.O=P(O)(O)O. The van der Waals surface area contributed by atoms with Gasteiger partial charge in [0, 0.05) is 6.42 Å². The smallest absolute Gasteiger partial charge is 0.344 e. The summed E-state index contributed by atoms with van der Waals surface area (Å²) < 4.78 is 8.88. The van der Waals surface area contributed by atoms with Gasteiger partial charge in [-0.2, -0.15) is 0 Å². The van der Waals surface area contributed by atoms with Crippen molar-refractivity contribution in [1.29, 1.82) is 0 Å². The highest BCUT2D eigenvalue weighted by Gasteiger charge is 2.25. The molecule has 8 heteroatoms. The van der Waals surface area contributed by atoms with Crippen LogP contribution in [0.15, 0.2) is 11.6 Å². The molecular weight excluding hydrogens is 247 g/mol. The van der Waals surface area contributed by atoms with Crippen molar-refractivity contribution in [3.63, 3.8) is 0 Å². The quantitative estimate of drug-likeness (QED) is 0.418. The molecule has 0 unspecified atom stereocenters. The number of allylic oxidation sites excluding steroid dienone is 2. The predicted octanol–water partition coefficient (Wildman–Crippen LogP) is 1.72. The molecule has 0 aromatic heterocycles. The molecule has 0 aromatic carbocycles. The molecule has 104 valence electrons. The van der Waals surface area contributed by atoms with Gasteiger partial charge in [-0.3, -0.25) is 4.79 Å². The molecule has 0 heterocycles. The number of ketones is 1. The van der Waals surface area contributed by atoms with Gasteiger partial charge < -0.3 is 27.0 Å². The zero-order valence-corrected chi connectivity index (χ0v) is 11.4. The molecule has 0 spiro atoms. The van der Waals surface area contributed by atoms with Crippen LogP contribution in [0, 0.1) is 5.41 Å². The Morgan fingerprint density at radius 3 is 1.76 bits per heavy atom. The van der Waals surface area contributed by atoms with E-state index in [1.807, 2.05) is 6.92 Å². The van der Waals surface area contributed by atoms with Gasteiger partial charge in [0.2, 0.25) is 0 Å². The topological polar surface area (TPSA) is 165 Å². The Labute approximate surface area is 101 Å².